The fraction of sp³-hybridized carbons (Fsp3) is 0.591. The molecule has 1 aromatic heterocycles. The van der Waals surface area contributed by atoms with Crippen LogP contribution in [0.15, 0.2) is 18.2 Å². The van der Waals surface area contributed by atoms with Crippen molar-refractivity contribution in [2.45, 2.75) is 45.1 Å². The van der Waals surface area contributed by atoms with E-state index in [4.69, 9.17) is 24.4 Å². The lowest BCUT2D eigenvalue weighted by atomic mass is 10.1. The van der Waals surface area contributed by atoms with Gasteiger partial charge in [0.05, 0.1) is 14.2 Å². The van der Waals surface area contributed by atoms with Gasteiger partial charge in [-0.2, -0.15) is 15.0 Å². The summed E-state index contributed by atoms with van der Waals surface area (Å²) in [5.41, 5.74) is 1.03. The van der Waals surface area contributed by atoms with Crippen LogP contribution in [0.3, 0.4) is 0 Å². The van der Waals surface area contributed by atoms with E-state index in [0.717, 1.165) is 55.1 Å². The van der Waals surface area contributed by atoms with E-state index in [9.17, 15) is 0 Å². The lowest BCUT2D eigenvalue weighted by Crippen LogP contribution is -2.34. The first-order chi connectivity index (χ1) is 14.8. The van der Waals surface area contributed by atoms with Gasteiger partial charge in [0.15, 0.2) is 0 Å². The summed E-state index contributed by atoms with van der Waals surface area (Å²) >= 11 is 0. The third-order valence-electron chi connectivity index (χ3n) is 5.82. The van der Waals surface area contributed by atoms with Crippen LogP contribution in [-0.2, 0) is 6.54 Å². The summed E-state index contributed by atoms with van der Waals surface area (Å²) in [4.78, 5) is 18.9. The molecule has 0 saturated carbocycles. The Morgan fingerprint density at radius 2 is 1.29 bits per heavy atom. The molecule has 35 heavy (non-hydrogen) atoms. The molecule has 3 heterocycles. The molecule has 0 atom stereocenters. The largest absolute Gasteiger partial charge is 0.497 e. The van der Waals surface area contributed by atoms with Crippen LogP contribution in [0.25, 0.3) is 0 Å². The molecular weight excluding hydrogens is 472 g/mol. The zero-order chi connectivity index (χ0) is 20.8. The maximum absolute atomic E-state index is 5.52. The maximum Gasteiger partial charge on any atom is 0.231 e. The molecule has 12 nitrogen and oxygen atoms in total. The second kappa shape index (κ2) is 16.9. The number of ether oxygens (including phenoxy) is 2. The number of hydrogen-bond donors (Lipinski definition) is 5. The predicted octanol–water partition coefficient (Wildman–Crippen LogP) is 5.54. The molecule has 2 aliphatic heterocycles. The van der Waals surface area contributed by atoms with Gasteiger partial charge in [0.25, 0.3) is 0 Å². The number of nitrogens with one attached hydrogen (secondary N) is 1. The highest BCUT2D eigenvalue weighted by Crippen LogP contribution is 2.26. The molecule has 0 aliphatic carbocycles. The highest BCUT2D eigenvalue weighted by atomic mass is 35.5. The van der Waals surface area contributed by atoms with E-state index in [1.807, 2.05) is 18.2 Å². The van der Waals surface area contributed by atoms with Crippen LogP contribution >= 0.6 is 12.4 Å². The lowest BCUT2D eigenvalue weighted by molar-refractivity contribution is 0.391. The minimum atomic E-state index is 0. The number of rotatable bonds is 7. The molecular formula is C22H53ClN10O2. The summed E-state index contributed by atoms with van der Waals surface area (Å²) in [5.74, 6) is 3.74. The molecule has 2 fully saturated rings. The van der Waals surface area contributed by atoms with E-state index >= 15 is 0 Å². The molecule has 0 bridgehead atoms. The Morgan fingerprint density at radius 1 is 0.771 bits per heavy atom. The average molecular weight is 525 g/mol. The van der Waals surface area contributed by atoms with Gasteiger partial charge >= 0.3 is 0 Å². The molecule has 2 aromatic rings. The minimum absolute atomic E-state index is 0. The highest BCUT2D eigenvalue weighted by molar-refractivity contribution is 5.85. The fourth-order valence-electron chi connectivity index (χ4n) is 4.08. The normalized spacial score (nSPS) is 14.6. The molecule has 13 N–H and O–H groups in total. The van der Waals surface area contributed by atoms with E-state index in [0.29, 0.717) is 12.5 Å². The first kappa shape index (κ1) is 34.5. The standard InChI is InChI=1S/C22H32N6O2.ClH.4H3N.4H2/c1-29-18-10-9-17(19(15-18)30-2)16-23-20-24-21(27-11-5-3-6-12-27)26-22(25-20)28-13-7-4-8-14-28;;;;;;;;;/h9-10,15H,3-8,11-14,16H2,1-2H3,(H,23,24,25,26);1H;4*1H3;4*1H. The first-order valence-electron chi connectivity index (χ1n) is 11.0. The number of halogens is 1. The van der Waals surface area contributed by atoms with E-state index in [2.05, 4.69) is 15.1 Å². The van der Waals surface area contributed by atoms with Gasteiger partial charge in [-0.3, -0.25) is 0 Å². The van der Waals surface area contributed by atoms with Crippen molar-refractivity contribution in [2.24, 2.45) is 0 Å². The minimum Gasteiger partial charge on any atom is -0.497 e. The van der Waals surface area contributed by atoms with Crippen LogP contribution in [0, 0.1) is 0 Å². The number of methoxy groups -OCH3 is 2. The molecule has 1 aromatic carbocycles. The number of aromatic nitrogens is 3. The van der Waals surface area contributed by atoms with Crippen LogP contribution in [0.4, 0.5) is 17.8 Å². The van der Waals surface area contributed by atoms with Gasteiger partial charge in [-0.05, 0) is 50.7 Å². The number of benzene rings is 1. The smallest absolute Gasteiger partial charge is 0.231 e. The molecule has 0 amide bonds. The van der Waals surface area contributed by atoms with Gasteiger partial charge in [0.1, 0.15) is 11.5 Å². The van der Waals surface area contributed by atoms with Crippen LogP contribution in [0.1, 0.15) is 49.8 Å². The lowest BCUT2D eigenvalue weighted by Gasteiger charge is -2.30. The molecule has 0 spiro atoms. The molecule has 4 rings (SSSR count). The molecule has 13 heteroatoms. The third-order valence-corrected chi connectivity index (χ3v) is 5.82. The molecule has 210 valence electrons. The molecule has 2 aliphatic rings. The zero-order valence-electron chi connectivity index (χ0n) is 21.3. The Hall–Kier alpha value is -2.64. The van der Waals surface area contributed by atoms with Crippen LogP contribution in [-0.4, -0.2) is 55.4 Å². The number of nitrogens with zero attached hydrogens (tertiary/aromatic N) is 5. The van der Waals surface area contributed by atoms with Crippen molar-refractivity contribution in [1.29, 1.82) is 0 Å². The van der Waals surface area contributed by atoms with Crippen molar-refractivity contribution in [3.63, 3.8) is 0 Å². The monoisotopic (exact) mass is 524 g/mol. The van der Waals surface area contributed by atoms with E-state index in [-0.39, 0.29) is 42.7 Å². The molecule has 2 saturated heterocycles. The summed E-state index contributed by atoms with van der Waals surface area (Å²) in [6.07, 6.45) is 7.33. The summed E-state index contributed by atoms with van der Waals surface area (Å²) < 4.78 is 10.8. The molecule has 0 radical (unpaired) electrons. The van der Waals surface area contributed by atoms with E-state index < -0.39 is 0 Å². The molecule has 0 unspecified atom stereocenters. The van der Waals surface area contributed by atoms with Crippen LogP contribution < -0.4 is 49.2 Å². The highest BCUT2D eigenvalue weighted by Gasteiger charge is 2.20. The SMILES string of the molecule is COc1ccc(CNc2nc(N3CCCCC3)nc(N3CCCCC3)n2)c(OC)c1.Cl.N.N.N.N.[HH].[HH].[HH].[HH]. The van der Waals surface area contributed by atoms with Gasteiger partial charge < -0.3 is 49.2 Å². The third kappa shape index (κ3) is 8.82. The Morgan fingerprint density at radius 3 is 1.74 bits per heavy atom. The van der Waals surface area contributed by atoms with Gasteiger partial charge in [0, 0.05) is 50.1 Å². The maximum atomic E-state index is 5.52. The van der Waals surface area contributed by atoms with Crippen molar-refractivity contribution in [3.05, 3.63) is 23.8 Å². The van der Waals surface area contributed by atoms with Crippen molar-refractivity contribution < 1.29 is 15.2 Å². The van der Waals surface area contributed by atoms with E-state index in [1.54, 1.807) is 14.2 Å². The van der Waals surface area contributed by atoms with Gasteiger partial charge in [-0.15, -0.1) is 12.4 Å². The Balaban J connectivity index is -0.000000302. The topological polar surface area (TPSA) is 216 Å². The first-order valence-corrected chi connectivity index (χ1v) is 11.0. The summed E-state index contributed by atoms with van der Waals surface area (Å²) in [5, 5.41) is 3.40. The second-order valence-corrected chi connectivity index (χ2v) is 7.89. The Labute approximate surface area is 221 Å². The van der Waals surface area contributed by atoms with Gasteiger partial charge in [0.2, 0.25) is 17.8 Å². The van der Waals surface area contributed by atoms with Crippen LogP contribution in [0.2, 0.25) is 0 Å². The van der Waals surface area contributed by atoms with Crippen LogP contribution in [0.5, 0.6) is 11.5 Å². The number of hydrogen-bond acceptors (Lipinski definition) is 12. The van der Waals surface area contributed by atoms with Crippen molar-refractivity contribution in [2.75, 3.05) is 55.5 Å². The van der Waals surface area contributed by atoms with Crippen molar-refractivity contribution in [3.8, 4) is 11.5 Å². The summed E-state index contributed by atoms with van der Waals surface area (Å²) in [6.45, 7) is 4.60. The van der Waals surface area contributed by atoms with Gasteiger partial charge in [-0.25, -0.2) is 0 Å². The second-order valence-electron chi connectivity index (χ2n) is 7.89. The average Bonchev–Trinajstić information content (AvgIpc) is 2.83. The van der Waals surface area contributed by atoms with E-state index in [1.165, 1.54) is 38.5 Å². The Bertz CT molecular complexity index is 831. The van der Waals surface area contributed by atoms with Crippen molar-refractivity contribution in [1.82, 2.24) is 39.6 Å². The number of piperidine rings is 2. The summed E-state index contributed by atoms with van der Waals surface area (Å²) in [7, 11) is 3.33. The fourth-order valence-corrected chi connectivity index (χ4v) is 4.08. The van der Waals surface area contributed by atoms with Gasteiger partial charge in [-0.1, -0.05) is 0 Å². The number of anilines is 3. The quantitative estimate of drug-likeness (QED) is 0.301. The zero-order valence-corrected chi connectivity index (χ0v) is 22.1. The Kier molecular flexibility index (Phi) is 16.7. The predicted molar refractivity (Wildman–Crippen MR) is 155 cm³/mol. The summed E-state index contributed by atoms with van der Waals surface area (Å²) in [6, 6.07) is 5.83. The van der Waals surface area contributed by atoms with Crippen molar-refractivity contribution >= 4 is 30.3 Å².